The van der Waals surface area contributed by atoms with Crippen LogP contribution in [0.4, 0.5) is 4.39 Å². The first-order valence-corrected chi connectivity index (χ1v) is 9.28. The zero-order valence-corrected chi connectivity index (χ0v) is 19.2. The summed E-state index contributed by atoms with van der Waals surface area (Å²) >= 11 is 0. The molecule has 0 aliphatic rings. The van der Waals surface area contributed by atoms with Gasteiger partial charge in [-0.3, -0.25) is 4.99 Å². The maximum Gasteiger partial charge on any atom is 0.191 e. The molecule has 3 N–H and O–H groups in total. The van der Waals surface area contributed by atoms with Crippen molar-refractivity contribution >= 4 is 29.9 Å². The summed E-state index contributed by atoms with van der Waals surface area (Å²) in [6.07, 6.45) is -1.14. The van der Waals surface area contributed by atoms with E-state index in [9.17, 15) is 9.50 Å². The van der Waals surface area contributed by atoms with Gasteiger partial charge in [-0.15, -0.1) is 24.0 Å². The number of guanidine groups is 1. The molecule has 2 aromatic rings. The van der Waals surface area contributed by atoms with Crippen molar-refractivity contribution in [1.82, 2.24) is 10.6 Å². The Labute approximate surface area is 188 Å². The van der Waals surface area contributed by atoms with Crippen molar-refractivity contribution in [2.75, 3.05) is 26.7 Å². The van der Waals surface area contributed by atoms with Gasteiger partial charge in [0.1, 0.15) is 29.5 Å². The molecule has 0 radical (unpaired) electrons. The Morgan fingerprint density at radius 2 is 1.86 bits per heavy atom. The van der Waals surface area contributed by atoms with E-state index in [0.717, 1.165) is 5.75 Å². The third-order valence-corrected chi connectivity index (χ3v) is 3.97. The van der Waals surface area contributed by atoms with E-state index in [-0.39, 0.29) is 42.2 Å². The van der Waals surface area contributed by atoms with E-state index in [2.05, 4.69) is 15.6 Å². The molecule has 6 nitrogen and oxygen atoms in total. The summed E-state index contributed by atoms with van der Waals surface area (Å²) in [5, 5.41) is 16.5. The summed E-state index contributed by atoms with van der Waals surface area (Å²) in [5.74, 6) is 1.53. The quantitative estimate of drug-likeness (QED) is 0.270. The molecule has 2 rings (SSSR count). The molecule has 0 heterocycles. The molecule has 160 valence electrons. The van der Waals surface area contributed by atoms with E-state index in [1.807, 2.05) is 38.1 Å². The fourth-order valence-corrected chi connectivity index (χ4v) is 2.55. The second-order valence-corrected chi connectivity index (χ2v) is 6.25. The number of ether oxygens (including phenoxy) is 2. The first-order chi connectivity index (χ1) is 13.5. The Hall–Kier alpha value is -2.07. The predicted octanol–water partition coefficient (Wildman–Crippen LogP) is 3.51. The van der Waals surface area contributed by atoms with Gasteiger partial charge in [0.15, 0.2) is 5.96 Å². The maximum atomic E-state index is 13.8. The van der Waals surface area contributed by atoms with Gasteiger partial charge in [0.05, 0.1) is 20.2 Å². The van der Waals surface area contributed by atoms with Crippen molar-refractivity contribution in [1.29, 1.82) is 0 Å². The number of aliphatic hydroxyl groups excluding tert-OH is 1. The van der Waals surface area contributed by atoms with Gasteiger partial charge < -0.3 is 25.2 Å². The van der Waals surface area contributed by atoms with Crippen molar-refractivity contribution in [3.05, 3.63) is 59.9 Å². The van der Waals surface area contributed by atoms with Crippen molar-refractivity contribution in [3.63, 3.8) is 0 Å². The fraction of sp³-hybridized carbons (Fsp3) is 0.381. The summed E-state index contributed by atoms with van der Waals surface area (Å²) in [6.45, 7) is 5.08. The third kappa shape index (κ3) is 8.45. The molecule has 29 heavy (non-hydrogen) atoms. The summed E-state index contributed by atoms with van der Waals surface area (Å²) < 4.78 is 24.8. The number of aliphatic imine (C=N–C) groups is 1. The Kier molecular flexibility index (Phi) is 11.4. The van der Waals surface area contributed by atoms with Gasteiger partial charge in [-0.1, -0.05) is 24.3 Å². The third-order valence-electron chi connectivity index (χ3n) is 3.97. The SMILES string of the molecule is CCNC(=NCC(O)c1ccccc1F)NCC(C)Oc1cccc(OC)c1.I. The minimum absolute atomic E-state index is 0. The molecule has 0 bridgehead atoms. The summed E-state index contributed by atoms with van der Waals surface area (Å²) in [4.78, 5) is 4.34. The summed E-state index contributed by atoms with van der Waals surface area (Å²) in [6, 6.07) is 13.6. The van der Waals surface area contributed by atoms with Gasteiger partial charge >= 0.3 is 0 Å². The van der Waals surface area contributed by atoms with Crippen LogP contribution in [-0.4, -0.2) is 43.9 Å². The van der Waals surface area contributed by atoms with Crippen LogP contribution >= 0.6 is 24.0 Å². The number of rotatable bonds is 9. The second kappa shape index (κ2) is 13.2. The first kappa shape index (κ1) is 25.0. The number of benzene rings is 2. The van der Waals surface area contributed by atoms with Crippen LogP contribution < -0.4 is 20.1 Å². The van der Waals surface area contributed by atoms with Crippen molar-refractivity contribution in [2.45, 2.75) is 26.1 Å². The molecule has 0 saturated carbocycles. The van der Waals surface area contributed by atoms with E-state index in [1.54, 1.807) is 25.3 Å². The predicted molar refractivity (Wildman–Crippen MR) is 124 cm³/mol. The van der Waals surface area contributed by atoms with Crippen LogP contribution in [0.3, 0.4) is 0 Å². The second-order valence-electron chi connectivity index (χ2n) is 6.25. The largest absolute Gasteiger partial charge is 0.497 e. The van der Waals surface area contributed by atoms with E-state index in [1.165, 1.54) is 6.07 Å². The highest BCUT2D eigenvalue weighted by atomic mass is 127. The minimum Gasteiger partial charge on any atom is -0.497 e. The van der Waals surface area contributed by atoms with Crippen molar-refractivity contribution < 1.29 is 19.0 Å². The monoisotopic (exact) mass is 517 g/mol. The number of hydrogen-bond acceptors (Lipinski definition) is 4. The number of nitrogens with zero attached hydrogens (tertiary/aromatic N) is 1. The number of halogens is 2. The molecular formula is C21H29FIN3O3. The van der Waals surface area contributed by atoms with Crippen molar-refractivity contribution in [2.24, 2.45) is 4.99 Å². The smallest absolute Gasteiger partial charge is 0.191 e. The average molecular weight is 517 g/mol. The topological polar surface area (TPSA) is 75.1 Å². The van der Waals surface area contributed by atoms with Crippen LogP contribution in [0.5, 0.6) is 11.5 Å². The van der Waals surface area contributed by atoms with Gasteiger partial charge in [0, 0.05) is 18.2 Å². The van der Waals surface area contributed by atoms with Crippen LogP contribution in [0, 0.1) is 5.82 Å². The number of methoxy groups -OCH3 is 1. The van der Waals surface area contributed by atoms with Crippen LogP contribution in [0.25, 0.3) is 0 Å². The lowest BCUT2D eigenvalue weighted by Gasteiger charge is -2.18. The normalized spacial score (nSPS) is 13.1. The van der Waals surface area contributed by atoms with E-state index < -0.39 is 11.9 Å². The van der Waals surface area contributed by atoms with Crippen LogP contribution in [-0.2, 0) is 0 Å². The van der Waals surface area contributed by atoms with Gasteiger partial charge in [0.2, 0.25) is 0 Å². The number of hydrogen-bond donors (Lipinski definition) is 3. The Balaban J connectivity index is 0.00000420. The van der Waals surface area contributed by atoms with Gasteiger partial charge in [-0.25, -0.2) is 4.39 Å². The summed E-state index contributed by atoms with van der Waals surface area (Å²) in [5.41, 5.74) is 0.233. The lowest BCUT2D eigenvalue weighted by Crippen LogP contribution is -2.42. The van der Waals surface area contributed by atoms with E-state index in [0.29, 0.717) is 24.8 Å². The van der Waals surface area contributed by atoms with Crippen LogP contribution in [0.15, 0.2) is 53.5 Å². The van der Waals surface area contributed by atoms with E-state index >= 15 is 0 Å². The highest BCUT2D eigenvalue weighted by molar-refractivity contribution is 14.0. The zero-order valence-electron chi connectivity index (χ0n) is 16.9. The highest BCUT2D eigenvalue weighted by Gasteiger charge is 2.12. The summed E-state index contributed by atoms with van der Waals surface area (Å²) in [7, 11) is 1.61. The maximum absolute atomic E-state index is 13.8. The molecule has 0 aliphatic heterocycles. The highest BCUT2D eigenvalue weighted by Crippen LogP contribution is 2.20. The van der Waals surface area contributed by atoms with Crippen molar-refractivity contribution in [3.8, 4) is 11.5 Å². The molecule has 0 spiro atoms. The van der Waals surface area contributed by atoms with Gasteiger partial charge in [-0.2, -0.15) is 0 Å². The minimum atomic E-state index is -1.01. The van der Waals surface area contributed by atoms with Crippen LogP contribution in [0.2, 0.25) is 0 Å². The van der Waals surface area contributed by atoms with Gasteiger partial charge in [0.25, 0.3) is 0 Å². The number of aliphatic hydroxyl groups is 1. The molecule has 2 aromatic carbocycles. The Morgan fingerprint density at radius 1 is 1.14 bits per heavy atom. The molecular weight excluding hydrogens is 488 g/mol. The van der Waals surface area contributed by atoms with Crippen LogP contribution in [0.1, 0.15) is 25.5 Å². The molecule has 8 heteroatoms. The lowest BCUT2D eigenvalue weighted by atomic mass is 10.1. The van der Waals surface area contributed by atoms with Gasteiger partial charge in [-0.05, 0) is 32.0 Å². The first-order valence-electron chi connectivity index (χ1n) is 9.28. The Morgan fingerprint density at radius 3 is 2.55 bits per heavy atom. The molecule has 0 saturated heterocycles. The molecule has 0 amide bonds. The Bertz CT molecular complexity index is 776. The average Bonchev–Trinajstić information content (AvgIpc) is 2.70. The number of nitrogens with one attached hydrogen (secondary N) is 2. The molecule has 0 aromatic heterocycles. The molecule has 0 fully saturated rings. The zero-order chi connectivity index (χ0) is 20.4. The molecule has 0 aliphatic carbocycles. The fourth-order valence-electron chi connectivity index (χ4n) is 2.55. The standard InChI is InChI=1S/C21H28FN3O3.HI/c1-4-23-21(25-14-20(26)18-10-5-6-11-19(18)22)24-13-15(2)28-17-9-7-8-16(12-17)27-3;/h5-12,15,20,26H,4,13-14H2,1-3H3,(H2,23,24,25);1H. The molecule has 2 unspecified atom stereocenters. The molecule has 2 atom stereocenters. The lowest BCUT2D eigenvalue weighted by molar-refractivity contribution is 0.182. The van der Waals surface area contributed by atoms with E-state index in [4.69, 9.17) is 9.47 Å².